The molecule has 5 nitrogen and oxygen atoms in total. The van der Waals surface area contributed by atoms with Gasteiger partial charge in [0.15, 0.2) is 0 Å². The maximum Gasteiger partial charge on any atom is 0.269 e. The summed E-state index contributed by atoms with van der Waals surface area (Å²) in [6.45, 7) is 0. The molecule has 3 aromatic carbocycles. The van der Waals surface area contributed by atoms with Gasteiger partial charge in [-0.15, -0.1) is 0 Å². The Kier molecular flexibility index (Phi) is 6.78. The van der Waals surface area contributed by atoms with Crippen molar-refractivity contribution in [1.29, 1.82) is 5.26 Å². The van der Waals surface area contributed by atoms with Gasteiger partial charge in [-0.3, -0.25) is 14.5 Å². The molecular weight excluding hydrogens is 461 g/mol. The lowest BCUT2D eigenvalue weighted by atomic mass is 10.1. The average molecular weight is 478 g/mol. The zero-order valence-electron chi connectivity index (χ0n) is 17.2. The van der Waals surface area contributed by atoms with Crippen molar-refractivity contribution in [1.82, 2.24) is 0 Å². The third-order valence-corrected chi connectivity index (χ3v) is 6.64. The number of nitrogens with one attached hydrogen (secondary N) is 1. The summed E-state index contributed by atoms with van der Waals surface area (Å²) in [4.78, 5) is 27.7. The minimum Gasteiger partial charge on any atom is -0.319 e. The van der Waals surface area contributed by atoms with Crippen LogP contribution in [0.4, 0.5) is 15.8 Å². The van der Waals surface area contributed by atoms with Gasteiger partial charge in [-0.1, -0.05) is 71.9 Å². The molecule has 1 atom stereocenters. The molecule has 1 fully saturated rings. The number of halogens is 2. The monoisotopic (exact) mass is 477 g/mol. The van der Waals surface area contributed by atoms with Crippen LogP contribution in [0.25, 0.3) is 0 Å². The lowest BCUT2D eigenvalue weighted by Crippen LogP contribution is -2.31. The van der Waals surface area contributed by atoms with Gasteiger partial charge < -0.3 is 5.32 Å². The van der Waals surface area contributed by atoms with Gasteiger partial charge in [0.1, 0.15) is 22.5 Å². The topological polar surface area (TPSA) is 73.2 Å². The Labute approximate surface area is 199 Å². The third kappa shape index (κ3) is 4.77. The Balaban J connectivity index is 1.74. The van der Waals surface area contributed by atoms with Gasteiger partial charge in [0.05, 0.1) is 10.9 Å². The minimum absolute atomic E-state index is 0.0518. The molecule has 2 amide bonds. The molecule has 8 heteroatoms. The maximum absolute atomic E-state index is 14.0. The van der Waals surface area contributed by atoms with Crippen LogP contribution in [0.15, 0.2) is 89.5 Å². The van der Waals surface area contributed by atoms with Crippen LogP contribution in [0.5, 0.6) is 0 Å². The number of thioether (sulfide) groups is 1. The Hall–Kier alpha value is -3.60. The first-order valence-electron chi connectivity index (χ1n) is 9.99. The van der Waals surface area contributed by atoms with Crippen LogP contribution >= 0.6 is 23.4 Å². The van der Waals surface area contributed by atoms with E-state index in [4.69, 9.17) is 11.6 Å². The van der Waals surface area contributed by atoms with E-state index in [-0.39, 0.29) is 22.2 Å². The first kappa shape index (κ1) is 22.6. The average Bonchev–Trinajstić information content (AvgIpc) is 3.13. The smallest absolute Gasteiger partial charge is 0.269 e. The van der Waals surface area contributed by atoms with Crippen LogP contribution in [0.1, 0.15) is 5.56 Å². The first-order valence-corrected chi connectivity index (χ1v) is 11.2. The molecule has 4 rings (SSSR count). The Morgan fingerprint density at radius 3 is 2.42 bits per heavy atom. The van der Waals surface area contributed by atoms with Crippen LogP contribution in [0, 0.1) is 17.1 Å². The molecule has 1 unspecified atom stereocenters. The number of rotatable bonds is 5. The quantitative estimate of drug-likeness (QED) is 0.386. The number of benzene rings is 3. The fourth-order valence-corrected chi connectivity index (χ4v) is 4.92. The molecule has 0 spiro atoms. The largest absolute Gasteiger partial charge is 0.319 e. The SMILES string of the molecule is N#CC(C(=O)Nc1ccccc1F)=C1SC(Cc2ccccc2Cl)C(=O)N1c1ccccc1. The molecule has 0 saturated carbocycles. The number of anilines is 2. The van der Waals surface area contributed by atoms with Crippen LogP contribution < -0.4 is 10.2 Å². The fourth-order valence-electron chi connectivity index (χ4n) is 3.41. The van der Waals surface area contributed by atoms with E-state index >= 15 is 0 Å². The Morgan fingerprint density at radius 2 is 1.73 bits per heavy atom. The number of carbonyl (C=O) groups is 2. The zero-order chi connectivity index (χ0) is 23.4. The Morgan fingerprint density at radius 1 is 1.06 bits per heavy atom. The number of amides is 2. The van der Waals surface area contributed by atoms with Crippen molar-refractivity contribution in [2.24, 2.45) is 0 Å². The summed E-state index contributed by atoms with van der Waals surface area (Å²) in [5, 5.41) is 12.4. The molecule has 1 N–H and O–H groups in total. The standard InChI is InChI=1S/C25H17ClFN3O2S/c26-19-11-5-4-8-16(19)14-22-24(32)30(17-9-2-1-3-10-17)25(33-22)18(15-28)23(31)29-21-13-7-6-12-20(21)27/h1-13,22H,14H2,(H,29,31). The normalized spacial score (nSPS) is 16.9. The minimum atomic E-state index is -0.794. The Bertz CT molecular complexity index is 1290. The molecule has 0 aliphatic carbocycles. The molecule has 0 bridgehead atoms. The molecule has 0 aromatic heterocycles. The van der Waals surface area contributed by atoms with E-state index in [0.29, 0.717) is 17.1 Å². The molecule has 164 valence electrons. The van der Waals surface area contributed by atoms with Crippen molar-refractivity contribution in [3.8, 4) is 6.07 Å². The van der Waals surface area contributed by atoms with Gasteiger partial charge in [-0.2, -0.15) is 5.26 Å². The molecule has 1 heterocycles. The van der Waals surface area contributed by atoms with Gasteiger partial charge >= 0.3 is 0 Å². The molecular formula is C25H17ClFN3O2S. The highest BCUT2D eigenvalue weighted by atomic mass is 35.5. The van der Waals surface area contributed by atoms with E-state index in [1.54, 1.807) is 48.5 Å². The molecule has 0 radical (unpaired) electrons. The lowest BCUT2D eigenvalue weighted by molar-refractivity contribution is -0.117. The van der Waals surface area contributed by atoms with Gasteiger partial charge in [0.2, 0.25) is 5.91 Å². The summed E-state index contributed by atoms with van der Waals surface area (Å²) in [6, 6.07) is 23.6. The highest BCUT2D eigenvalue weighted by Crippen LogP contribution is 2.42. The summed E-state index contributed by atoms with van der Waals surface area (Å²) >= 11 is 7.41. The molecule has 1 saturated heterocycles. The highest BCUT2D eigenvalue weighted by molar-refractivity contribution is 8.05. The molecule has 3 aromatic rings. The van der Waals surface area contributed by atoms with Crippen LogP contribution in [-0.2, 0) is 16.0 Å². The summed E-state index contributed by atoms with van der Waals surface area (Å²) in [5.74, 6) is -1.69. The second-order valence-electron chi connectivity index (χ2n) is 7.14. The lowest BCUT2D eigenvalue weighted by Gasteiger charge is -2.18. The summed E-state index contributed by atoms with van der Waals surface area (Å²) in [5.41, 5.74) is 0.984. The molecule has 33 heavy (non-hydrogen) atoms. The third-order valence-electron chi connectivity index (χ3n) is 5.01. The van der Waals surface area contributed by atoms with Crippen molar-refractivity contribution in [2.75, 3.05) is 10.2 Å². The molecule has 1 aliphatic rings. The summed E-state index contributed by atoms with van der Waals surface area (Å²) in [7, 11) is 0. The fraction of sp³-hybridized carbons (Fsp3) is 0.0800. The van der Waals surface area contributed by atoms with Gasteiger partial charge in [0, 0.05) is 10.7 Å². The summed E-state index contributed by atoms with van der Waals surface area (Å²) in [6.07, 6.45) is 0.323. The number of hydrogen-bond donors (Lipinski definition) is 1. The van der Waals surface area contributed by atoms with Crippen LogP contribution in [0.3, 0.4) is 0 Å². The van der Waals surface area contributed by atoms with E-state index < -0.39 is 17.0 Å². The second kappa shape index (κ2) is 9.90. The van der Waals surface area contributed by atoms with Crippen molar-refractivity contribution >= 4 is 46.6 Å². The van der Waals surface area contributed by atoms with Crippen molar-refractivity contribution < 1.29 is 14.0 Å². The predicted octanol–water partition coefficient (Wildman–Crippen LogP) is 5.54. The van der Waals surface area contributed by atoms with Gasteiger partial charge in [0.25, 0.3) is 5.91 Å². The number of nitriles is 1. The zero-order valence-corrected chi connectivity index (χ0v) is 18.7. The molecule has 1 aliphatic heterocycles. The van der Waals surface area contributed by atoms with Crippen LogP contribution in [0.2, 0.25) is 5.02 Å². The van der Waals surface area contributed by atoms with Crippen molar-refractivity contribution in [3.63, 3.8) is 0 Å². The van der Waals surface area contributed by atoms with Crippen LogP contribution in [-0.4, -0.2) is 17.1 Å². The van der Waals surface area contributed by atoms with E-state index in [9.17, 15) is 19.2 Å². The van der Waals surface area contributed by atoms with Gasteiger partial charge in [-0.25, -0.2) is 4.39 Å². The van der Waals surface area contributed by atoms with E-state index in [1.165, 1.54) is 23.1 Å². The number of hydrogen-bond acceptors (Lipinski definition) is 4. The first-order chi connectivity index (χ1) is 16.0. The maximum atomic E-state index is 14.0. The van der Waals surface area contributed by atoms with E-state index in [0.717, 1.165) is 17.3 Å². The van der Waals surface area contributed by atoms with Crippen molar-refractivity contribution in [3.05, 3.63) is 106 Å². The number of nitrogens with zero attached hydrogens (tertiary/aromatic N) is 2. The number of carbonyl (C=O) groups excluding carboxylic acids is 2. The number of para-hydroxylation sites is 2. The van der Waals surface area contributed by atoms with Crippen molar-refractivity contribution in [2.45, 2.75) is 11.7 Å². The van der Waals surface area contributed by atoms with Gasteiger partial charge in [-0.05, 0) is 42.3 Å². The highest BCUT2D eigenvalue weighted by Gasteiger charge is 2.41. The second-order valence-corrected chi connectivity index (χ2v) is 8.74. The van der Waals surface area contributed by atoms with E-state index in [1.807, 2.05) is 18.2 Å². The van der Waals surface area contributed by atoms with E-state index in [2.05, 4.69) is 5.32 Å². The predicted molar refractivity (Wildman–Crippen MR) is 128 cm³/mol. The summed E-state index contributed by atoms with van der Waals surface area (Å²) < 4.78 is 14.0.